The lowest BCUT2D eigenvalue weighted by Crippen LogP contribution is -2.41. The Morgan fingerprint density at radius 3 is 2.72 bits per heavy atom. The van der Waals surface area contributed by atoms with Crippen molar-refractivity contribution < 1.29 is 28.6 Å². The lowest BCUT2D eigenvalue weighted by atomic mass is 10.1. The third-order valence-corrected chi connectivity index (χ3v) is 5.75. The minimum absolute atomic E-state index is 0.0130. The van der Waals surface area contributed by atoms with Crippen LogP contribution in [-0.2, 0) is 14.3 Å². The minimum atomic E-state index is -0.543. The van der Waals surface area contributed by atoms with Crippen LogP contribution in [0.4, 0.5) is 4.79 Å². The van der Waals surface area contributed by atoms with Gasteiger partial charge in [0.15, 0.2) is 11.5 Å². The van der Waals surface area contributed by atoms with Gasteiger partial charge in [0, 0.05) is 19.2 Å². The average molecular weight is 441 g/mol. The minimum Gasteiger partial charge on any atom is -0.493 e. The van der Waals surface area contributed by atoms with Gasteiger partial charge in [-0.3, -0.25) is 19.3 Å². The van der Waals surface area contributed by atoms with Crippen molar-refractivity contribution in [2.75, 3.05) is 33.9 Å². The molecule has 1 N–H and O–H groups in total. The van der Waals surface area contributed by atoms with Crippen LogP contribution in [0.2, 0.25) is 5.02 Å². The van der Waals surface area contributed by atoms with Gasteiger partial charge < -0.3 is 19.5 Å². The van der Waals surface area contributed by atoms with Crippen LogP contribution in [0.1, 0.15) is 18.4 Å². The zero-order chi connectivity index (χ0) is 21.0. The van der Waals surface area contributed by atoms with Gasteiger partial charge in [-0.05, 0) is 42.3 Å². The lowest BCUT2D eigenvalue weighted by Gasteiger charge is -2.14. The molecule has 0 saturated carbocycles. The number of nitrogens with one attached hydrogen (secondary N) is 1. The Morgan fingerprint density at radius 1 is 1.34 bits per heavy atom. The fraction of sp³-hybridized carbons (Fsp3) is 0.421. The van der Waals surface area contributed by atoms with E-state index in [0.717, 1.165) is 29.5 Å². The number of nitrogens with zero attached hydrogens (tertiary/aromatic N) is 1. The molecule has 1 aromatic carbocycles. The molecule has 1 aromatic rings. The summed E-state index contributed by atoms with van der Waals surface area (Å²) in [5.74, 6) is -0.0622. The topological polar surface area (TPSA) is 94.2 Å². The highest BCUT2D eigenvalue weighted by atomic mass is 35.5. The van der Waals surface area contributed by atoms with Crippen molar-refractivity contribution in [2.24, 2.45) is 0 Å². The fourth-order valence-corrected chi connectivity index (χ4v) is 4.03. The van der Waals surface area contributed by atoms with Crippen molar-refractivity contribution in [3.8, 4) is 11.5 Å². The molecule has 0 aromatic heterocycles. The van der Waals surface area contributed by atoms with Crippen molar-refractivity contribution in [2.45, 2.75) is 18.9 Å². The van der Waals surface area contributed by atoms with E-state index in [4.69, 9.17) is 25.8 Å². The molecule has 0 spiro atoms. The summed E-state index contributed by atoms with van der Waals surface area (Å²) >= 11 is 7.01. The molecule has 2 heterocycles. The maximum absolute atomic E-state index is 12.6. The van der Waals surface area contributed by atoms with Crippen LogP contribution in [0.5, 0.6) is 11.5 Å². The zero-order valence-electron chi connectivity index (χ0n) is 16.0. The molecule has 2 saturated heterocycles. The number of thioether (sulfide) groups is 1. The molecule has 10 heteroatoms. The van der Waals surface area contributed by atoms with E-state index in [1.165, 1.54) is 20.3 Å². The highest BCUT2D eigenvalue weighted by molar-refractivity contribution is 8.18. The Morgan fingerprint density at radius 2 is 2.07 bits per heavy atom. The van der Waals surface area contributed by atoms with Crippen molar-refractivity contribution >= 4 is 46.5 Å². The van der Waals surface area contributed by atoms with Gasteiger partial charge in [-0.15, -0.1) is 0 Å². The molecule has 2 fully saturated rings. The quantitative estimate of drug-likeness (QED) is 0.651. The van der Waals surface area contributed by atoms with Crippen LogP contribution in [0.25, 0.3) is 6.08 Å². The number of methoxy groups -OCH3 is 2. The first-order valence-corrected chi connectivity index (χ1v) is 10.2. The SMILES string of the molecule is COc1cc(Cl)c(/C=C2\SC(=O)N(CC(=O)NC[C@@H]3CCCO3)C2=O)cc1OC. The summed E-state index contributed by atoms with van der Waals surface area (Å²) in [5.41, 5.74) is 0.498. The van der Waals surface area contributed by atoms with Crippen LogP contribution in [0.3, 0.4) is 0 Å². The van der Waals surface area contributed by atoms with Crippen LogP contribution >= 0.6 is 23.4 Å². The molecule has 2 aliphatic rings. The smallest absolute Gasteiger partial charge is 0.294 e. The second kappa shape index (κ2) is 9.51. The molecular formula is C19H21ClN2O6S. The van der Waals surface area contributed by atoms with Crippen molar-refractivity contribution in [3.63, 3.8) is 0 Å². The summed E-state index contributed by atoms with van der Waals surface area (Å²) in [6.07, 6.45) is 3.34. The predicted octanol–water partition coefficient (Wildman–Crippen LogP) is 2.69. The van der Waals surface area contributed by atoms with E-state index in [0.29, 0.717) is 35.2 Å². The molecular weight excluding hydrogens is 420 g/mol. The summed E-state index contributed by atoms with van der Waals surface area (Å²) in [6.45, 7) is 0.716. The van der Waals surface area contributed by atoms with Crippen LogP contribution < -0.4 is 14.8 Å². The van der Waals surface area contributed by atoms with Crippen LogP contribution in [0.15, 0.2) is 17.0 Å². The van der Waals surface area contributed by atoms with E-state index in [1.807, 2.05) is 0 Å². The number of ether oxygens (including phenoxy) is 3. The lowest BCUT2D eigenvalue weighted by molar-refractivity contribution is -0.129. The van der Waals surface area contributed by atoms with Gasteiger partial charge >= 0.3 is 0 Å². The largest absolute Gasteiger partial charge is 0.493 e. The first-order valence-electron chi connectivity index (χ1n) is 8.98. The number of halogens is 1. The molecule has 0 bridgehead atoms. The Labute approximate surface area is 177 Å². The molecule has 8 nitrogen and oxygen atoms in total. The highest BCUT2D eigenvalue weighted by Crippen LogP contribution is 2.37. The standard InChI is InChI=1S/C19H21ClN2O6S/c1-26-14-6-11(13(20)8-15(14)27-2)7-16-18(24)22(19(25)29-16)10-17(23)21-9-12-4-3-5-28-12/h6-8,12H,3-5,9-10H2,1-2H3,(H,21,23)/b16-7-/t12-/m0/s1. The third-order valence-electron chi connectivity index (χ3n) is 4.52. The van der Waals surface area contributed by atoms with Crippen LogP contribution in [0, 0.1) is 0 Å². The van der Waals surface area contributed by atoms with E-state index in [9.17, 15) is 14.4 Å². The Bertz CT molecular complexity index is 853. The van der Waals surface area contributed by atoms with Gasteiger partial charge in [-0.1, -0.05) is 11.6 Å². The van der Waals surface area contributed by atoms with E-state index in [2.05, 4.69) is 5.32 Å². The number of carbonyl (C=O) groups is 3. The van der Waals surface area contributed by atoms with Crippen LogP contribution in [-0.4, -0.2) is 62.0 Å². The van der Waals surface area contributed by atoms with E-state index >= 15 is 0 Å². The number of rotatable bonds is 7. The Hall–Kier alpha value is -2.23. The molecule has 29 heavy (non-hydrogen) atoms. The number of carbonyl (C=O) groups excluding carboxylic acids is 3. The van der Waals surface area contributed by atoms with Crippen molar-refractivity contribution in [1.82, 2.24) is 10.2 Å². The summed E-state index contributed by atoms with van der Waals surface area (Å²) in [7, 11) is 2.97. The fourth-order valence-electron chi connectivity index (χ4n) is 2.99. The van der Waals surface area contributed by atoms with E-state index in [-0.39, 0.29) is 17.6 Å². The van der Waals surface area contributed by atoms with Gasteiger partial charge in [0.05, 0.1) is 30.3 Å². The number of hydrogen-bond donors (Lipinski definition) is 1. The number of amides is 3. The van der Waals surface area contributed by atoms with Gasteiger partial charge in [-0.2, -0.15) is 0 Å². The second-order valence-corrected chi connectivity index (χ2v) is 7.84. The summed E-state index contributed by atoms with van der Waals surface area (Å²) < 4.78 is 15.9. The summed E-state index contributed by atoms with van der Waals surface area (Å²) in [5, 5.41) is 2.53. The number of imide groups is 1. The van der Waals surface area contributed by atoms with E-state index < -0.39 is 17.1 Å². The molecule has 2 aliphatic heterocycles. The zero-order valence-corrected chi connectivity index (χ0v) is 17.6. The predicted molar refractivity (Wildman–Crippen MR) is 109 cm³/mol. The Kier molecular flexibility index (Phi) is 7.05. The third kappa shape index (κ3) is 5.04. The monoisotopic (exact) mass is 440 g/mol. The first kappa shape index (κ1) is 21.5. The molecule has 156 valence electrons. The molecule has 3 amide bonds. The second-order valence-electron chi connectivity index (χ2n) is 6.44. The maximum Gasteiger partial charge on any atom is 0.294 e. The molecule has 3 rings (SSSR count). The van der Waals surface area contributed by atoms with Crippen molar-refractivity contribution in [1.29, 1.82) is 0 Å². The van der Waals surface area contributed by atoms with Gasteiger partial charge in [0.2, 0.25) is 5.91 Å². The van der Waals surface area contributed by atoms with Crippen molar-refractivity contribution in [3.05, 3.63) is 27.6 Å². The molecule has 0 aliphatic carbocycles. The Balaban J connectivity index is 1.69. The molecule has 0 unspecified atom stereocenters. The number of hydrogen-bond acceptors (Lipinski definition) is 7. The van der Waals surface area contributed by atoms with E-state index in [1.54, 1.807) is 12.1 Å². The normalized spacial score (nSPS) is 20.4. The number of benzene rings is 1. The van der Waals surface area contributed by atoms with Gasteiger partial charge in [-0.25, -0.2) is 0 Å². The molecule has 1 atom stereocenters. The average Bonchev–Trinajstić information content (AvgIpc) is 3.31. The van der Waals surface area contributed by atoms with Gasteiger partial charge in [0.1, 0.15) is 6.54 Å². The summed E-state index contributed by atoms with van der Waals surface area (Å²) in [6, 6.07) is 3.18. The summed E-state index contributed by atoms with van der Waals surface area (Å²) in [4.78, 5) is 38.1. The maximum atomic E-state index is 12.6. The highest BCUT2D eigenvalue weighted by Gasteiger charge is 2.36. The molecule has 0 radical (unpaired) electrons. The van der Waals surface area contributed by atoms with Gasteiger partial charge in [0.25, 0.3) is 11.1 Å². The first-order chi connectivity index (χ1) is 13.9.